The summed E-state index contributed by atoms with van der Waals surface area (Å²) in [6.45, 7) is 0. The lowest BCUT2D eigenvalue weighted by Gasteiger charge is -2.34. The summed E-state index contributed by atoms with van der Waals surface area (Å²) in [5.41, 5.74) is 15.4. The van der Waals surface area contributed by atoms with E-state index in [0.29, 0.717) is 0 Å². The molecule has 0 saturated heterocycles. The lowest BCUT2D eigenvalue weighted by Crippen LogP contribution is -2.74. The van der Waals surface area contributed by atoms with Crippen LogP contribution < -0.4 is 20.7 Å². The lowest BCUT2D eigenvalue weighted by molar-refractivity contribution is 1.16. The van der Waals surface area contributed by atoms with Crippen LogP contribution in [-0.2, 0) is 0 Å². The Kier molecular flexibility index (Phi) is 10.2. The molecule has 0 atom stereocenters. The first-order chi connectivity index (χ1) is 37.7. The molecule has 76 heavy (non-hydrogen) atoms. The van der Waals surface area contributed by atoms with E-state index in [0.717, 1.165) is 17.1 Å². The molecule has 15 aromatic rings. The maximum Gasteiger partial charge on any atom is 0.179 e. The molecular weight excluding hydrogens is 935 g/mol. The van der Waals surface area contributed by atoms with Crippen molar-refractivity contribution < 1.29 is 0 Å². The minimum Gasteiger partial charge on any atom is -0.309 e. The number of hydrogen-bond donors (Lipinski definition) is 0. The molecule has 12 aromatic carbocycles. The van der Waals surface area contributed by atoms with Crippen molar-refractivity contribution in [1.82, 2.24) is 13.7 Å². The summed E-state index contributed by atoms with van der Waals surface area (Å²) >= 11 is 0. The standard InChI is InChI=1S/C72H49N3Si/c1-6-22-54(23-7-1)74-68-36-19-17-34-62(68)65-48-66-64-47-53(40-44-70(64)75(72(66)49-71(65)74)55-24-8-2-9-25-55)52-39-43-69-63(46-52)61-33-16-18-35-67(61)73(69)56-41-37-50(38-42-56)51-21-20-32-60(45-51)76(57-26-10-3-11-27-57,58-28-12-4-13-29-58)59-30-14-5-15-31-59/h1-49H. The molecular formula is C72H49N3Si. The quantitative estimate of drug-likeness (QED) is 0.101. The van der Waals surface area contributed by atoms with Crippen LogP contribution in [0.2, 0.25) is 0 Å². The third kappa shape index (κ3) is 6.81. The van der Waals surface area contributed by atoms with E-state index in [2.05, 4.69) is 311 Å². The Morgan fingerprint density at radius 2 is 0.526 bits per heavy atom. The fraction of sp³-hybridized carbons (Fsp3) is 0. The molecule has 3 nitrogen and oxygen atoms in total. The molecule has 0 aliphatic heterocycles. The Balaban J connectivity index is 0.845. The van der Waals surface area contributed by atoms with E-state index in [4.69, 9.17) is 0 Å². The largest absolute Gasteiger partial charge is 0.309 e. The average molecular weight is 984 g/mol. The average Bonchev–Trinajstić information content (AvgIpc) is 4.23. The minimum absolute atomic E-state index is 1.13. The van der Waals surface area contributed by atoms with Gasteiger partial charge in [-0.25, -0.2) is 0 Å². The van der Waals surface area contributed by atoms with Crippen molar-refractivity contribution in [2.45, 2.75) is 0 Å². The molecule has 0 bridgehead atoms. The minimum atomic E-state index is -2.68. The second-order valence-electron chi connectivity index (χ2n) is 20.0. The van der Waals surface area contributed by atoms with Crippen molar-refractivity contribution in [2.24, 2.45) is 0 Å². The van der Waals surface area contributed by atoms with Gasteiger partial charge in [-0.05, 0) is 128 Å². The van der Waals surface area contributed by atoms with Gasteiger partial charge in [-0.2, -0.15) is 0 Å². The zero-order valence-electron chi connectivity index (χ0n) is 41.6. The Morgan fingerprint density at radius 3 is 1.03 bits per heavy atom. The van der Waals surface area contributed by atoms with Gasteiger partial charge < -0.3 is 13.7 Å². The Labute approximate surface area is 442 Å². The van der Waals surface area contributed by atoms with E-state index in [9.17, 15) is 0 Å². The summed E-state index contributed by atoms with van der Waals surface area (Å²) in [5.74, 6) is 0. The molecule has 0 saturated carbocycles. The van der Waals surface area contributed by atoms with Crippen LogP contribution in [0, 0.1) is 0 Å². The van der Waals surface area contributed by atoms with Crippen LogP contribution in [0.15, 0.2) is 297 Å². The summed E-state index contributed by atoms with van der Waals surface area (Å²) < 4.78 is 7.28. The lowest BCUT2D eigenvalue weighted by atomic mass is 10.00. The van der Waals surface area contributed by atoms with Gasteiger partial charge in [0, 0.05) is 49.4 Å². The second kappa shape index (κ2) is 17.7. The van der Waals surface area contributed by atoms with Crippen LogP contribution in [0.25, 0.3) is 105 Å². The topological polar surface area (TPSA) is 14.8 Å². The van der Waals surface area contributed by atoms with Crippen LogP contribution in [0.3, 0.4) is 0 Å². The van der Waals surface area contributed by atoms with Gasteiger partial charge in [0.25, 0.3) is 0 Å². The van der Waals surface area contributed by atoms with Crippen molar-refractivity contribution in [3.8, 4) is 39.3 Å². The van der Waals surface area contributed by atoms with Crippen molar-refractivity contribution in [2.75, 3.05) is 0 Å². The van der Waals surface area contributed by atoms with E-state index in [-0.39, 0.29) is 0 Å². The van der Waals surface area contributed by atoms with Crippen molar-refractivity contribution in [1.29, 1.82) is 0 Å². The SMILES string of the molecule is c1ccc(-n2c3ccccc3c3cc4c5cc(-c6ccc7c(c6)c6ccccc6n7-c6ccc(-c7cccc([Si](c8ccccc8)(c8ccccc8)c8ccccc8)c7)cc6)ccc5n(-c5ccccc5)c4cc32)cc1. The van der Waals surface area contributed by atoms with Gasteiger partial charge in [0.1, 0.15) is 0 Å². The molecule has 15 rings (SSSR count). The smallest absolute Gasteiger partial charge is 0.179 e. The van der Waals surface area contributed by atoms with Gasteiger partial charge >= 0.3 is 0 Å². The van der Waals surface area contributed by atoms with Crippen LogP contribution in [0.1, 0.15) is 0 Å². The van der Waals surface area contributed by atoms with Gasteiger partial charge in [-0.15, -0.1) is 0 Å². The molecule has 0 unspecified atom stereocenters. The molecule has 0 amide bonds. The molecule has 0 radical (unpaired) electrons. The summed E-state index contributed by atoms with van der Waals surface area (Å²) in [5, 5.41) is 12.9. The van der Waals surface area contributed by atoms with Crippen molar-refractivity contribution in [3.05, 3.63) is 297 Å². The highest BCUT2D eigenvalue weighted by molar-refractivity contribution is 7.19. The first-order valence-electron chi connectivity index (χ1n) is 26.2. The third-order valence-electron chi connectivity index (χ3n) is 16.0. The Hall–Kier alpha value is -9.74. The van der Waals surface area contributed by atoms with E-state index in [1.807, 2.05) is 0 Å². The zero-order chi connectivity index (χ0) is 50.2. The monoisotopic (exact) mass is 983 g/mol. The second-order valence-corrected chi connectivity index (χ2v) is 23.8. The number of benzene rings is 12. The van der Waals surface area contributed by atoms with Crippen LogP contribution >= 0.6 is 0 Å². The predicted octanol–water partition coefficient (Wildman–Crippen LogP) is 15.7. The molecule has 0 fully saturated rings. The Bertz CT molecular complexity index is 4560. The molecule has 4 heteroatoms. The fourth-order valence-electron chi connectivity index (χ4n) is 12.6. The van der Waals surface area contributed by atoms with Crippen LogP contribution in [0.4, 0.5) is 0 Å². The van der Waals surface area contributed by atoms with Crippen molar-refractivity contribution >= 4 is 94.2 Å². The van der Waals surface area contributed by atoms with Gasteiger partial charge in [-0.3, -0.25) is 0 Å². The first kappa shape index (κ1) is 43.8. The highest BCUT2D eigenvalue weighted by Crippen LogP contribution is 2.42. The normalized spacial score (nSPS) is 11.9. The number of fused-ring (bicyclic) bond motifs is 9. The summed E-state index contributed by atoms with van der Waals surface area (Å²) in [6, 6.07) is 110. The van der Waals surface area contributed by atoms with Gasteiger partial charge in [0.15, 0.2) is 8.07 Å². The molecule has 0 aliphatic carbocycles. The highest BCUT2D eigenvalue weighted by atomic mass is 28.3. The number of hydrogen-bond acceptors (Lipinski definition) is 0. The molecule has 3 aromatic heterocycles. The van der Waals surface area contributed by atoms with Gasteiger partial charge in [-0.1, -0.05) is 212 Å². The molecule has 0 aliphatic rings. The number of aromatic nitrogens is 3. The molecule has 0 spiro atoms. The first-order valence-corrected chi connectivity index (χ1v) is 28.2. The maximum absolute atomic E-state index is 2.68. The summed E-state index contributed by atoms with van der Waals surface area (Å²) in [6.07, 6.45) is 0. The molecule has 3 heterocycles. The summed E-state index contributed by atoms with van der Waals surface area (Å²) in [7, 11) is -2.68. The van der Waals surface area contributed by atoms with Gasteiger partial charge in [0.05, 0.1) is 33.1 Å². The zero-order valence-corrected chi connectivity index (χ0v) is 42.6. The maximum atomic E-state index is 2.46. The highest BCUT2D eigenvalue weighted by Gasteiger charge is 2.41. The van der Waals surface area contributed by atoms with Crippen LogP contribution in [-0.4, -0.2) is 21.8 Å². The van der Waals surface area contributed by atoms with E-state index >= 15 is 0 Å². The third-order valence-corrected chi connectivity index (χ3v) is 20.7. The van der Waals surface area contributed by atoms with Gasteiger partial charge in [0.2, 0.25) is 0 Å². The van der Waals surface area contributed by atoms with Crippen LogP contribution in [0.5, 0.6) is 0 Å². The number of rotatable bonds is 9. The summed E-state index contributed by atoms with van der Waals surface area (Å²) in [4.78, 5) is 0. The fourth-order valence-corrected chi connectivity index (χ4v) is 17.4. The van der Waals surface area contributed by atoms with Crippen molar-refractivity contribution in [3.63, 3.8) is 0 Å². The van der Waals surface area contributed by atoms with E-state index in [1.165, 1.54) is 108 Å². The Morgan fingerprint density at radius 1 is 0.184 bits per heavy atom. The predicted molar refractivity (Wildman–Crippen MR) is 324 cm³/mol. The number of para-hydroxylation sites is 4. The van der Waals surface area contributed by atoms with E-state index in [1.54, 1.807) is 0 Å². The van der Waals surface area contributed by atoms with E-state index < -0.39 is 8.07 Å². The number of nitrogens with zero attached hydrogens (tertiary/aromatic N) is 3. The molecule has 356 valence electrons. The molecule has 0 N–H and O–H groups in total.